The minimum atomic E-state index is 0.161. The molecule has 0 fully saturated rings. The molecule has 1 aromatic rings. The highest BCUT2D eigenvalue weighted by Gasteiger charge is 2.10. The van der Waals surface area contributed by atoms with Crippen molar-refractivity contribution in [1.82, 2.24) is 0 Å². The second-order valence-corrected chi connectivity index (χ2v) is 3.93. The van der Waals surface area contributed by atoms with Crippen LogP contribution in [0.2, 0.25) is 0 Å². The molecule has 0 spiro atoms. The van der Waals surface area contributed by atoms with Crippen LogP contribution in [-0.4, -0.2) is 12.5 Å². The van der Waals surface area contributed by atoms with Gasteiger partial charge in [-0.25, -0.2) is 0 Å². The molecule has 1 rings (SSSR count). The lowest BCUT2D eigenvalue weighted by atomic mass is 9.98. The summed E-state index contributed by atoms with van der Waals surface area (Å²) in [6.45, 7) is 4.13. The molecule has 0 aliphatic heterocycles. The molecule has 0 aromatic heterocycles. The summed E-state index contributed by atoms with van der Waals surface area (Å²) >= 11 is 6.01. The highest BCUT2D eigenvalue weighted by atomic mass is 35.5. The Balaban J connectivity index is 2.79. The van der Waals surface area contributed by atoms with E-state index < -0.39 is 0 Å². The molecule has 0 amide bonds. The number of halogens is 1. The molecule has 1 aromatic carbocycles. The van der Waals surface area contributed by atoms with Crippen LogP contribution in [-0.2, 0) is 0 Å². The van der Waals surface area contributed by atoms with Crippen LogP contribution in [0.5, 0.6) is 5.75 Å². The number of benzene rings is 1. The van der Waals surface area contributed by atoms with E-state index in [0.717, 1.165) is 5.75 Å². The molecule has 72 valence electrons. The van der Waals surface area contributed by atoms with Crippen molar-refractivity contribution in [2.75, 3.05) is 7.11 Å². The van der Waals surface area contributed by atoms with Gasteiger partial charge in [-0.1, -0.05) is 19.1 Å². The SMILES string of the molecule is COc1ccc(C(C)C(C)Cl)cc1. The summed E-state index contributed by atoms with van der Waals surface area (Å²) in [6, 6.07) is 8.04. The van der Waals surface area contributed by atoms with Gasteiger partial charge in [0.05, 0.1) is 7.11 Å². The maximum atomic E-state index is 6.01. The van der Waals surface area contributed by atoms with Crippen LogP contribution in [0, 0.1) is 0 Å². The Bertz CT molecular complexity index is 253. The van der Waals surface area contributed by atoms with Crippen LogP contribution in [0.15, 0.2) is 24.3 Å². The number of ether oxygens (including phenoxy) is 1. The third-order valence-electron chi connectivity index (χ3n) is 2.33. The summed E-state index contributed by atoms with van der Waals surface area (Å²) in [7, 11) is 1.67. The topological polar surface area (TPSA) is 9.23 Å². The Morgan fingerprint density at radius 1 is 1.15 bits per heavy atom. The normalized spacial score (nSPS) is 15.1. The first-order valence-electron chi connectivity index (χ1n) is 4.43. The monoisotopic (exact) mass is 198 g/mol. The Hall–Kier alpha value is -0.690. The first kappa shape index (κ1) is 10.4. The first-order chi connectivity index (χ1) is 6.15. The molecular formula is C11H15ClO. The lowest BCUT2D eigenvalue weighted by Crippen LogP contribution is -2.04. The van der Waals surface area contributed by atoms with Gasteiger partial charge in [0.2, 0.25) is 0 Å². The van der Waals surface area contributed by atoms with E-state index in [9.17, 15) is 0 Å². The summed E-state index contributed by atoms with van der Waals surface area (Å²) in [5.41, 5.74) is 1.25. The fraction of sp³-hybridized carbons (Fsp3) is 0.455. The molecule has 0 aliphatic rings. The molecule has 1 nitrogen and oxygen atoms in total. The molecule has 0 bridgehead atoms. The van der Waals surface area contributed by atoms with Crippen molar-refractivity contribution in [3.05, 3.63) is 29.8 Å². The summed E-state index contributed by atoms with van der Waals surface area (Å²) in [5, 5.41) is 0.161. The lowest BCUT2D eigenvalue weighted by molar-refractivity contribution is 0.414. The van der Waals surface area contributed by atoms with Crippen LogP contribution < -0.4 is 4.74 Å². The molecule has 0 heterocycles. The van der Waals surface area contributed by atoms with Crippen molar-refractivity contribution < 1.29 is 4.74 Å². The van der Waals surface area contributed by atoms with E-state index in [1.54, 1.807) is 7.11 Å². The lowest BCUT2D eigenvalue weighted by Gasteiger charge is -2.14. The number of hydrogen-bond acceptors (Lipinski definition) is 1. The summed E-state index contributed by atoms with van der Waals surface area (Å²) in [6.07, 6.45) is 0. The van der Waals surface area contributed by atoms with Gasteiger partial charge in [-0.3, -0.25) is 0 Å². The Labute approximate surface area is 84.7 Å². The number of alkyl halides is 1. The van der Waals surface area contributed by atoms with Crippen molar-refractivity contribution in [3.63, 3.8) is 0 Å². The van der Waals surface area contributed by atoms with Crippen molar-refractivity contribution in [3.8, 4) is 5.75 Å². The zero-order chi connectivity index (χ0) is 9.84. The first-order valence-corrected chi connectivity index (χ1v) is 4.87. The number of methoxy groups -OCH3 is 1. The fourth-order valence-corrected chi connectivity index (χ4v) is 1.32. The number of rotatable bonds is 3. The van der Waals surface area contributed by atoms with Gasteiger partial charge in [0.15, 0.2) is 0 Å². The maximum Gasteiger partial charge on any atom is 0.118 e. The second kappa shape index (κ2) is 4.52. The van der Waals surface area contributed by atoms with E-state index in [4.69, 9.17) is 16.3 Å². The molecule has 13 heavy (non-hydrogen) atoms. The largest absolute Gasteiger partial charge is 0.497 e. The Kier molecular flexibility index (Phi) is 3.61. The average Bonchev–Trinajstić information content (AvgIpc) is 2.17. The van der Waals surface area contributed by atoms with Crippen LogP contribution in [0.4, 0.5) is 0 Å². The van der Waals surface area contributed by atoms with E-state index in [1.807, 2.05) is 19.1 Å². The molecule has 0 saturated heterocycles. The van der Waals surface area contributed by atoms with Gasteiger partial charge in [0.1, 0.15) is 5.75 Å². The van der Waals surface area contributed by atoms with Gasteiger partial charge in [-0.05, 0) is 30.5 Å². The summed E-state index contributed by atoms with van der Waals surface area (Å²) in [5.74, 6) is 1.27. The van der Waals surface area contributed by atoms with Crippen LogP contribution in [0.1, 0.15) is 25.3 Å². The molecular weight excluding hydrogens is 184 g/mol. The summed E-state index contributed by atoms with van der Waals surface area (Å²) < 4.78 is 5.08. The smallest absolute Gasteiger partial charge is 0.118 e. The summed E-state index contributed by atoms with van der Waals surface area (Å²) in [4.78, 5) is 0. The van der Waals surface area contributed by atoms with E-state index in [1.165, 1.54) is 5.56 Å². The Morgan fingerprint density at radius 3 is 2.08 bits per heavy atom. The fourth-order valence-electron chi connectivity index (χ4n) is 1.17. The van der Waals surface area contributed by atoms with E-state index in [2.05, 4.69) is 19.1 Å². The minimum Gasteiger partial charge on any atom is -0.497 e. The molecule has 2 atom stereocenters. The van der Waals surface area contributed by atoms with Gasteiger partial charge in [0, 0.05) is 5.38 Å². The van der Waals surface area contributed by atoms with E-state index in [-0.39, 0.29) is 5.38 Å². The highest BCUT2D eigenvalue weighted by Crippen LogP contribution is 2.24. The second-order valence-electron chi connectivity index (χ2n) is 3.24. The zero-order valence-corrected chi connectivity index (χ0v) is 9.01. The van der Waals surface area contributed by atoms with Crippen molar-refractivity contribution in [2.45, 2.75) is 25.1 Å². The number of hydrogen-bond donors (Lipinski definition) is 0. The predicted molar refractivity (Wildman–Crippen MR) is 56.7 cm³/mol. The van der Waals surface area contributed by atoms with Crippen molar-refractivity contribution in [2.24, 2.45) is 0 Å². The van der Waals surface area contributed by atoms with Gasteiger partial charge in [-0.15, -0.1) is 11.6 Å². The third kappa shape index (κ3) is 2.63. The third-order valence-corrected chi connectivity index (χ3v) is 2.71. The predicted octanol–water partition coefficient (Wildman–Crippen LogP) is 3.43. The maximum absolute atomic E-state index is 6.01. The van der Waals surface area contributed by atoms with Gasteiger partial charge >= 0.3 is 0 Å². The van der Waals surface area contributed by atoms with Crippen LogP contribution >= 0.6 is 11.6 Å². The average molecular weight is 199 g/mol. The minimum absolute atomic E-state index is 0.161. The van der Waals surface area contributed by atoms with Crippen LogP contribution in [0.25, 0.3) is 0 Å². The highest BCUT2D eigenvalue weighted by molar-refractivity contribution is 6.20. The molecule has 0 saturated carbocycles. The van der Waals surface area contributed by atoms with Gasteiger partial charge < -0.3 is 4.74 Å². The van der Waals surface area contributed by atoms with E-state index >= 15 is 0 Å². The van der Waals surface area contributed by atoms with Gasteiger partial charge in [-0.2, -0.15) is 0 Å². The molecule has 0 N–H and O–H groups in total. The molecule has 2 unspecified atom stereocenters. The molecule has 0 radical (unpaired) electrons. The zero-order valence-electron chi connectivity index (χ0n) is 8.25. The standard InChI is InChI=1S/C11H15ClO/c1-8(9(2)12)10-4-6-11(13-3)7-5-10/h4-9H,1-3H3. The Morgan fingerprint density at radius 2 is 1.69 bits per heavy atom. The van der Waals surface area contributed by atoms with Gasteiger partial charge in [0.25, 0.3) is 0 Å². The van der Waals surface area contributed by atoms with E-state index in [0.29, 0.717) is 5.92 Å². The van der Waals surface area contributed by atoms with Crippen molar-refractivity contribution >= 4 is 11.6 Å². The molecule has 2 heteroatoms. The van der Waals surface area contributed by atoms with Crippen molar-refractivity contribution in [1.29, 1.82) is 0 Å². The quantitative estimate of drug-likeness (QED) is 0.677. The molecule has 0 aliphatic carbocycles. The van der Waals surface area contributed by atoms with Crippen LogP contribution in [0.3, 0.4) is 0 Å².